The van der Waals surface area contributed by atoms with Crippen molar-refractivity contribution in [3.63, 3.8) is 0 Å². The molecule has 0 fully saturated rings. The zero-order valence-corrected chi connectivity index (χ0v) is 19.3. The first-order valence-corrected chi connectivity index (χ1v) is 11.4. The molecular formula is C28H23N3O5. The number of alkyl carbamates (subject to hydrolysis) is 1. The lowest BCUT2D eigenvalue weighted by Gasteiger charge is -2.17. The van der Waals surface area contributed by atoms with E-state index in [4.69, 9.17) is 21.3 Å². The normalized spacial score (nSPS) is 12.4. The minimum absolute atomic E-state index is 0.0912. The molecule has 0 bridgehead atoms. The second-order valence-corrected chi connectivity index (χ2v) is 8.29. The van der Waals surface area contributed by atoms with E-state index in [1.807, 2.05) is 54.6 Å². The number of nitriles is 1. The van der Waals surface area contributed by atoms with Gasteiger partial charge in [-0.2, -0.15) is 5.26 Å². The number of ether oxygens (including phenoxy) is 2. The lowest BCUT2D eigenvalue weighted by molar-refractivity contribution is -0.139. The van der Waals surface area contributed by atoms with E-state index in [0.29, 0.717) is 17.7 Å². The molecule has 3 aromatic carbocycles. The van der Waals surface area contributed by atoms with Crippen LogP contribution in [0.3, 0.4) is 0 Å². The summed E-state index contributed by atoms with van der Waals surface area (Å²) in [6.07, 6.45) is -0.355. The molecule has 0 spiro atoms. The molecular weight excluding hydrogens is 458 g/mol. The lowest BCUT2D eigenvalue weighted by atomic mass is 9.98. The summed E-state index contributed by atoms with van der Waals surface area (Å²) in [5.74, 6) is -0.939. The Kier molecular flexibility index (Phi) is 7.48. The number of fused-ring (bicyclic) bond motifs is 3. The molecule has 0 saturated heterocycles. The number of aliphatic carboxylic acids is 1. The van der Waals surface area contributed by atoms with Crippen LogP contribution in [-0.2, 0) is 9.53 Å². The van der Waals surface area contributed by atoms with Gasteiger partial charge in [0, 0.05) is 11.5 Å². The monoisotopic (exact) mass is 481 g/mol. The molecule has 0 radical (unpaired) electrons. The fourth-order valence-electron chi connectivity index (χ4n) is 4.31. The van der Waals surface area contributed by atoms with Crippen LogP contribution in [0, 0.1) is 17.9 Å². The fourth-order valence-corrected chi connectivity index (χ4v) is 4.31. The van der Waals surface area contributed by atoms with Crippen molar-refractivity contribution in [2.45, 2.75) is 24.8 Å². The highest BCUT2D eigenvalue weighted by Crippen LogP contribution is 2.44. The SMILES string of the molecule is [C-]#[N+]c1cc(C#N)cc(OCCC[C@H](NC(=O)OCC2c3ccccc3-c3ccccc32)C(=O)O)c1. The smallest absolute Gasteiger partial charge is 0.407 e. The van der Waals surface area contributed by atoms with Gasteiger partial charge in [0.15, 0.2) is 5.69 Å². The van der Waals surface area contributed by atoms with Crippen molar-refractivity contribution in [1.29, 1.82) is 5.26 Å². The fraction of sp³-hybridized carbons (Fsp3) is 0.214. The maximum Gasteiger partial charge on any atom is 0.407 e. The van der Waals surface area contributed by atoms with Crippen LogP contribution in [0.15, 0.2) is 66.7 Å². The molecule has 1 amide bonds. The van der Waals surface area contributed by atoms with Crippen molar-refractivity contribution in [1.82, 2.24) is 5.32 Å². The van der Waals surface area contributed by atoms with Gasteiger partial charge in [-0.25, -0.2) is 14.4 Å². The molecule has 1 aliphatic rings. The summed E-state index contributed by atoms with van der Waals surface area (Å²) in [6.45, 7) is 7.34. The lowest BCUT2D eigenvalue weighted by Crippen LogP contribution is -2.41. The van der Waals surface area contributed by atoms with E-state index in [-0.39, 0.29) is 31.2 Å². The first-order valence-electron chi connectivity index (χ1n) is 11.4. The summed E-state index contributed by atoms with van der Waals surface area (Å²) in [5.41, 5.74) is 4.94. The Hall–Kier alpha value is -4.82. The number of rotatable bonds is 9. The molecule has 4 rings (SSSR count). The highest BCUT2D eigenvalue weighted by molar-refractivity contribution is 5.81. The summed E-state index contributed by atoms with van der Waals surface area (Å²) in [7, 11) is 0. The van der Waals surface area contributed by atoms with Gasteiger partial charge in [0.05, 0.1) is 19.2 Å². The van der Waals surface area contributed by atoms with Gasteiger partial charge in [0.1, 0.15) is 18.4 Å². The van der Waals surface area contributed by atoms with E-state index in [2.05, 4.69) is 10.2 Å². The molecule has 0 heterocycles. The number of nitrogens with one attached hydrogen (secondary N) is 1. The Bertz CT molecular complexity index is 1290. The summed E-state index contributed by atoms with van der Waals surface area (Å²) in [6, 6.07) is 21.2. The van der Waals surface area contributed by atoms with Crippen LogP contribution in [0.5, 0.6) is 5.75 Å². The van der Waals surface area contributed by atoms with Gasteiger partial charge in [0.25, 0.3) is 0 Å². The zero-order chi connectivity index (χ0) is 25.5. The van der Waals surface area contributed by atoms with E-state index >= 15 is 0 Å². The Morgan fingerprint density at radius 3 is 2.36 bits per heavy atom. The number of amides is 1. The standard InChI is InChI=1S/C28H23N3O5/c1-30-19-13-18(16-29)14-20(15-19)35-12-6-11-26(27(32)33)31-28(34)36-17-25-23-9-4-2-7-21(23)22-8-3-5-10-24(22)25/h2-5,7-10,13-15,25-26H,6,11-12,17H2,(H,31,34)(H,32,33)/t26-/m0/s1. The number of hydrogen-bond donors (Lipinski definition) is 2. The van der Waals surface area contributed by atoms with Gasteiger partial charge in [-0.1, -0.05) is 48.5 Å². The van der Waals surface area contributed by atoms with Gasteiger partial charge >= 0.3 is 12.1 Å². The number of carbonyl (C=O) groups excluding carboxylic acids is 1. The van der Waals surface area contributed by atoms with Crippen LogP contribution in [-0.4, -0.2) is 36.4 Å². The van der Waals surface area contributed by atoms with Crippen LogP contribution < -0.4 is 10.1 Å². The Labute approximate surface area is 208 Å². The second-order valence-electron chi connectivity index (χ2n) is 8.29. The summed E-state index contributed by atoms with van der Waals surface area (Å²) >= 11 is 0. The first kappa shape index (κ1) is 24.3. The van der Waals surface area contributed by atoms with Crippen molar-refractivity contribution in [2.24, 2.45) is 0 Å². The van der Waals surface area contributed by atoms with Crippen LogP contribution in [0.25, 0.3) is 16.0 Å². The van der Waals surface area contributed by atoms with Crippen molar-refractivity contribution in [2.75, 3.05) is 13.2 Å². The number of carbonyl (C=O) groups is 2. The molecule has 2 N–H and O–H groups in total. The Balaban J connectivity index is 1.30. The van der Waals surface area contributed by atoms with Crippen molar-refractivity contribution >= 4 is 17.7 Å². The maximum atomic E-state index is 12.4. The van der Waals surface area contributed by atoms with E-state index in [1.54, 1.807) is 0 Å². The third-order valence-electron chi connectivity index (χ3n) is 5.99. The number of hydrogen-bond acceptors (Lipinski definition) is 5. The van der Waals surface area contributed by atoms with Crippen LogP contribution in [0.4, 0.5) is 10.5 Å². The van der Waals surface area contributed by atoms with E-state index in [9.17, 15) is 14.7 Å². The number of benzene rings is 3. The molecule has 0 aromatic heterocycles. The van der Waals surface area contributed by atoms with Gasteiger partial charge in [-0.05, 0) is 53.3 Å². The topological polar surface area (TPSA) is 113 Å². The molecule has 0 unspecified atom stereocenters. The summed E-state index contributed by atoms with van der Waals surface area (Å²) in [5, 5.41) is 21.0. The number of nitrogens with zero attached hydrogens (tertiary/aromatic N) is 2. The van der Waals surface area contributed by atoms with Crippen LogP contribution >= 0.6 is 0 Å². The molecule has 8 heteroatoms. The molecule has 3 aromatic rings. The van der Waals surface area contributed by atoms with Gasteiger partial charge in [-0.3, -0.25) is 0 Å². The third-order valence-corrected chi connectivity index (χ3v) is 5.99. The van der Waals surface area contributed by atoms with E-state index in [1.165, 1.54) is 18.2 Å². The Morgan fingerprint density at radius 1 is 1.08 bits per heavy atom. The molecule has 1 atom stereocenters. The number of carboxylic acids is 1. The Morgan fingerprint density at radius 2 is 1.75 bits per heavy atom. The summed E-state index contributed by atoms with van der Waals surface area (Å²) < 4.78 is 11.0. The molecule has 0 aliphatic heterocycles. The minimum atomic E-state index is -1.18. The van der Waals surface area contributed by atoms with E-state index in [0.717, 1.165) is 22.3 Å². The summed E-state index contributed by atoms with van der Waals surface area (Å²) in [4.78, 5) is 27.4. The van der Waals surface area contributed by atoms with Gasteiger partial charge in [-0.15, -0.1) is 0 Å². The van der Waals surface area contributed by atoms with E-state index < -0.39 is 18.1 Å². The van der Waals surface area contributed by atoms with Gasteiger partial charge < -0.3 is 19.9 Å². The van der Waals surface area contributed by atoms with Crippen LogP contribution in [0.2, 0.25) is 0 Å². The molecule has 180 valence electrons. The van der Waals surface area contributed by atoms with Crippen molar-refractivity contribution in [3.05, 3.63) is 94.8 Å². The highest BCUT2D eigenvalue weighted by Gasteiger charge is 2.29. The minimum Gasteiger partial charge on any atom is -0.495 e. The van der Waals surface area contributed by atoms with Crippen molar-refractivity contribution < 1.29 is 24.2 Å². The quantitative estimate of drug-likeness (QED) is 0.318. The molecule has 8 nitrogen and oxygen atoms in total. The average molecular weight is 482 g/mol. The molecule has 1 aliphatic carbocycles. The van der Waals surface area contributed by atoms with Crippen LogP contribution in [0.1, 0.15) is 35.4 Å². The number of carboxylic acid groups (broad SMARTS) is 1. The highest BCUT2D eigenvalue weighted by atomic mass is 16.5. The average Bonchev–Trinajstić information content (AvgIpc) is 3.22. The van der Waals surface area contributed by atoms with Crippen molar-refractivity contribution in [3.8, 4) is 22.9 Å². The zero-order valence-electron chi connectivity index (χ0n) is 19.3. The van der Waals surface area contributed by atoms with Gasteiger partial charge in [0.2, 0.25) is 0 Å². The predicted octanol–water partition coefficient (Wildman–Crippen LogP) is 5.26. The largest absolute Gasteiger partial charge is 0.495 e. The molecule has 36 heavy (non-hydrogen) atoms. The third kappa shape index (κ3) is 5.45. The predicted molar refractivity (Wildman–Crippen MR) is 132 cm³/mol. The first-order chi connectivity index (χ1) is 17.5. The maximum absolute atomic E-state index is 12.4. The second kappa shape index (κ2) is 11.1. The molecule has 0 saturated carbocycles.